The van der Waals surface area contributed by atoms with Gasteiger partial charge in [0.05, 0.1) is 20.6 Å². The highest BCUT2D eigenvalue weighted by molar-refractivity contribution is 5.74. The van der Waals surface area contributed by atoms with Crippen LogP contribution in [0.1, 0.15) is 29.2 Å². The van der Waals surface area contributed by atoms with Gasteiger partial charge in [0, 0.05) is 17.2 Å². The molecule has 132 valence electrons. The van der Waals surface area contributed by atoms with Gasteiger partial charge in [0.15, 0.2) is 0 Å². The molecule has 0 aliphatic carbocycles. The minimum absolute atomic E-state index is 0.131. The number of phenolic OH excluding ortho intramolecular Hbond substituents is 1. The van der Waals surface area contributed by atoms with Gasteiger partial charge in [-0.1, -0.05) is 12.1 Å². The lowest BCUT2D eigenvalue weighted by atomic mass is 9.93. The van der Waals surface area contributed by atoms with Crippen LogP contribution in [0.25, 0.3) is 0 Å². The molecule has 0 amide bonds. The molecule has 0 spiro atoms. The number of ether oxygens (including phenoxy) is 3. The Bertz CT molecular complexity index is 781. The maximum atomic E-state index is 11.2. The molecule has 0 aromatic heterocycles. The smallest absolute Gasteiger partial charge is 0.308 e. The van der Waals surface area contributed by atoms with E-state index in [1.807, 2.05) is 24.3 Å². The quantitative estimate of drug-likeness (QED) is 0.867. The summed E-state index contributed by atoms with van der Waals surface area (Å²) in [5.41, 5.74) is 2.04. The van der Waals surface area contributed by atoms with Gasteiger partial charge >= 0.3 is 5.97 Å². The summed E-state index contributed by atoms with van der Waals surface area (Å²) in [5, 5.41) is 19.4. The SMILES string of the molecule is COc1ccc([C@H]2CCc3c(OC)cc(O)c(CC(=O)O)c3O2)cc1. The molecule has 1 atom stereocenters. The van der Waals surface area contributed by atoms with E-state index in [4.69, 9.17) is 19.3 Å². The first-order chi connectivity index (χ1) is 12.0. The molecule has 6 nitrogen and oxygen atoms in total. The zero-order valence-electron chi connectivity index (χ0n) is 14.1. The molecule has 0 saturated carbocycles. The molecule has 25 heavy (non-hydrogen) atoms. The van der Waals surface area contributed by atoms with Crippen molar-refractivity contribution in [2.45, 2.75) is 25.4 Å². The van der Waals surface area contributed by atoms with Crippen LogP contribution in [0.15, 0.2) is 30.3 Å². The van der Waals surface area contributed by atoms with Gasteiger partial charge < -0.3 is 24.4 Å². The van der Waals surface area contributed by atoms with Crippen LogP contribution >= 0.6 is 0 Å². The van der Waals surface area contributed by atoms with Crippen molar-refractivity contribution in [2.24, 2.45) is 0 Å². The third-order valence-electron chi connectivity index (χ3n) is 4.37. The molecule has 6 heteroatoms. The summed E-state index contributed by atoms with van der Waals surface area (Å²) < 4.78 is 16.6. The van der Waals surface area contributed by atoms with E-state index < -0.39 is 5.97 Å². The Labute approximate surface area is 145 Å². The summed E-state index contributed by atoms with van der Waals surface area (Å²) in [6.45, 7) is 0. The molecule has 3 rings (SSSR count). The average Bonchev–Trinajstić information content (AvgIpc) is 2.63. The third-order valence-corrected chi connectivity index (χ3v) is 4.37. The van der Waals surface area contributed by atoms with E-state index in [1.165, 1.54) is 13.2 Å². The Morgan fingerprint density at radius 2 is 1.96 bits per heavy atom. The van der Waals surface area contributed by atoms with Gasteiger partial charge in [-0.15, -0.1) is 0 Å². The average molecular weight is 344 g/mol. The summed E-state index contributed by atoms with van der Waals surface area (Å²) in [4.78, 5) is 11.2. The molecule has 1 aliphatic rings. The van der Waals surface area contributed by atoms with E-state index in [0.717, 1.165) is 23.3 Å². The van der Waals surface area contributed by atoms with Crippen LogP contribution in [0.2, 0.25) is 0 Å². The van der Waals surface area contributed by atoms with Gasteiger partial charge in [-0.2, -0.15) is 0 Å². The highest BCUT2D eigenvalue weighted by Crippen LogP contribution is 2.45. The number of hydrogen-bond acceptors (Lipinski definition) is 5. The van der Waals surface area contributed by atoms with Crippen LogP contribution in [0.5, 0.6) is 23.0 Å². The molecular formula is C19H20O6. The molecule has 0 saturated heterocycles. The summed E-state index contributed by atoms with van der Waals surface area (Å²) in [7, 11) is 3.12. The first kappa shape index (κ1) is 17.0. The van der Waals surface area contributed by atoms with Crippen molar-refractivity contribution in [1.29, 1.82) is 0 Å². The van der Waals surface area contributed by atoms with Gasteiger partial charge in [-0.3, -0.25) is 4.79 Å². The number of fused-ring (bicyclic) bond motifs is 1. The topological polar surface area (TPSA) is 85.2 Å². The van der Waals surface area contributed by atoms with Crippen LogP contribution in [0.4, 0.5) is 0 Å². The number of phenols is 1. The molecule has 0 radical (unpaired) electrons. The molecule has 1 heterocycles. The van der Waals surface area contributed by atoms with Crippen molar-refractivity contribution < 1.29 is 29.2 Å². The molecule has 0 unspecified atom stereocenters. The maximum absolute atomic E-state index is 11.2. The van der Waals surface area contributed by atoms with Crippen molar-refractivity contribution in [1.82, 2.24) is 0 Å². The van der Waals surface area contributed by atoms with Crippen molar-refractivity contribution in [3.8, 4) is 23.0 Å². The summed E-state index contributed by atoms with van der Waals surface area (Å²) in [5.74, 6) is 0.512. The second-order valence-corrected chi connectivity index (χ2v) is 5.87. The second kappa shape index (κ2) is 6.93. The summed E-state index contributed by atoms with van der Waals surface area (Å²) in [6.07, 6.45) is 0.861. The van der Waals surface area contributed by atoms with Crippen LogP contribution in [0, 0.1) is 0 Å². The molecule has 2 N–H and O–H groups in total. The number of rotatable bonds is 5. The monoisotopic (exact) mass is 344 g/mol. The van der Waals surface area contributed by atoms with E-state index in [0.29, 0.717) is 17.9 Å². The van der Waals surface area contributed by atoms with Gasteiger partial charge in [0.25, 0.3) is 0 Å². The minimum Gasteiger partial charge on any atom is -0.507 e. The van der Waals surface area contributed by atoms with Crippen molar-refractivity contribution >= 4 is 5.97 Å². The predicted molar refractivity (Wildman–Crippen MR) is 90.7 cm³/mol. The predicted octanol–water partition coefficient (Wildman–Crippen LogP) is 3.10. The highest BCUT2D eigenvalue weighted by atomic mass is 16.5. The summed E-state index contributed by atoms with van der Waals surface area (Å²) in [6, 6.07) is 9.01. The molecule has 1 aliphatic heterocycles. The van der Waals surface area contributed by atoms with E-state index in [9.17, 15) is 9.90 Å². The number of carboxylic acid groups (broad SMARTS) is 1. The number of methoxy groups -OCH3 is 2. The zero-order valence-corrected chi connectivity index (χ0v) is 14.1. The number of aliphatic carboxylic acids is 1. The second-order valence-electron chi connectivity index (χ2n) is 5.87. The minimum atomic E-state index is -1.03. The number of benzene rings is 2. The number of carbonyl (C=O) groups is 1. The van der Waals surface area contributed by atoms with Crippen LogP contribution in [0.3, 0.4) is 0 Å². The molecule has 0 bridgehead atoms. The largest absolute Gasteiger partial charge is 0.507 e. The molecule has 0 fully saturated rings. The lowest BCUT2D eigenvalue weighted by Gasteiger charge is -2.29. The molecule has 2 aromatic carbocycles. The fourth-order valence-electron chi connectivity index (χ4n) is 3.12. The van der Waals surface area contributed by atoms with E-state index >= 15 is 0 Å². The van der Waals surface area contributed by atoms with Crippen molar-refractivity contribution in [2.75, 3.05) is 14.2 Å². The highest BCUT2D eigenvalue weighted by Gasteiger charge is 2.29. The Morgan fingerprint density at radius 3 is 2.56 bits per heavy atom. The van der Waals surface area contributed by atoms with Crippen LogP contribution < -0.4 is 14.2 Å². The first-order valence-corrected chi connectivity index (χ1v) is 7.97. The number of aromatic hydroxyl groups is 1. The Morgan fingerprint density at radius 1 is 1.24 bits per heavy atom. The van der Waals surface area contributed by atoms with Crippen LogP contribution in [-0.4, -0.2) is 30.4 Å². The standard InChI is InChI=1S/C19H20O6/c1-23-12-5-3-11(4-6-12)16-8-7-13-17(24-2)10-15(20)14(9-18(21)22)19(13)25-16/h3-6,10,16,20H,7-9H2,1-2H3,(H,21,22)/t16-/m1/s1. The number of hydrogen-bond donors (Lipinski definition) is 2. The molecular weight excluding hydrogens is 324 g/mol. The maximum Gasteiger partial charge on any atom is 0.308 e. The van der Waals surface area contributed by atoms with Gasteiger partial charge in [-0.05, 0) is 30.5 Å². The van der Waals surface area contributed by atoms with Crippen molar-refractivity contribution in [3.63, 3.8) is 0 Å². The Kier molecular flexibility index (Phi) is 4.70. The Hall–Kier alpha value is -2.89. The van der Waals surface area contributed by atoms with Gasteiger partial charge in [-0.25, -0.2) is 0 Å². The fourth-order valence-corrected chi connectivity index (χ4v) is 3.12. The summed E-state index contributed by atoms with van der Waals surface area (Å²) >= 11 is 0. The van der Waals surface area contributed by atoms with Crippen LogP contribution in [-0.2, 0) is 17.6 Å². The third kappa shape index (κ3) is 3.33. The first-order valence-electron chi connectivity index (χ1n) is 7.97. The van der Waals surface area contributed by atoms with Crippen molar-refractivity contribution in [3.05, 3.63) is 47.0 Å². The lowest BCUT2D eigenvalue weighted by molar-refractivity contribution is -0.136. The fraction of sp³-hybridized carbons (Fsp3) is 0.316. The normalized spacial score (nSPS) is 15.8. The van der Waals surface area contributed by atoms with E-state index in [1.54, 1.807) is 7.11 Å². The van der Waals surface area contributed by atoms with Gasteiger partial charge in [0.1, 0.15) is 29.1 Å². The molecule has 2 aromatic rings. The lowest BCUT2D eigenvalue weighted by Crippen LogP contribution is -2.18. The zero-order chi connectivity index (χ0) is 18.0. The van der Waals surface area contributed by atoms with E-state index in [2.05, 4.69) is 0 Å². The Balaban J connectivity index is 1.99. The van der Waals surface area contributed by atoms with E-state index in [-0.39, 0.29) is 23.8 Å². The van der Waals surface area contributed by atoms with Gasteiger partial charge in [0.2, 0.25) is 0 Å². The number of carboxylic acids is 1.